The molecule has 0 saturated carbocycles. The van der Waals surface area contributed by atoms with E-state index in [4.69, 9.17) is 4.74 Å². The summed E-state index contributed by atoms with van der Waals surface area (Å²) in [7, 11) is 0. The maximum Gasteiger partial charge on any atom is 0.414 e. The van der Waals surface area contributed by atoms with E-state index in [0.29, 0.717) is 18.7 Å². The Hall–Kier alpha value is -1.84. The second kappa shape index (κ2) is 5.21. The van der Waals surface area contributed by atoms with Crippen molar-refractivity contribution in [3.63, 3.8) is 0 Å². The number of carbonyl (C=O) groups excluding carboxylic acids is 2. The van der Waals surface area contributed by atoms with Gasteiger partial charge in [-0.2, -0.15) is 0 Å². The minimum Gasteiger partial charge on any atom is -0.449 e. The topological polar surface area (TPSA) is 46.6 Å². The molecule has 4 nitrogen and oxygen atoms in total. The number of rotatable bonds is 2. The molecule has 1 heterocycles. The molecule has 1 amide bonds. The van der Waals surface area contributed by atoms with E-state index >= 15 is 0 Å². The highest BCUT2D eigenvalue weighted by molar-refractivity contribution is 5.97. The van der Waals surface area contributed by atoms with E-state index in [1.165, 1.54) is 6.92 Å². The predicted molar refractivity (Wildman–Crippen MR) is 69.1 cm³/mol. The third-order valence-corrected chi connectivity index (χ3v) is 3.10. The van der Waals surface area contributed by atoms with Crippen molar-refractivity contribution >= 4 is 17.6 Å². The molecule has 0 N–H and O–H groups in total. The molecule has 0 aromatic heterocycles. The molecule has 4 heteroatoms. The van der Waals surface area contributed by atoms with Gasteiger partial charge in [-0.3, -0.25) is 9.69 Å². The number of ketones is 1. The van der Waals surface area contributed by atoms with Gasteiger partial charge in [0.2, 0.25) is 0 Å². The van der Waals surface area contributed by atoms with Crippen LogP contribution >= 0.6 is 0 Å². The van der Waals surface area contributed by atoms with Gasteiger partial charge in [-0.25, -0.2) is 4.79 Å². The number of fused-ring (bicyclic) bond motifs is 1. The molecule has 0 unspecified atom stereocenters. The lowest BCUT2D eigenvalue weighted by Crippen LogP contribution is -2.36. The molecule has 18 heavy (non-hydrogen) atoms. The summed E-state index contributed by atoms with van der Waals surface area (Å²) in [5, 5.41) is 0. The van der Waals surface area contributed by atoms with Gasteiger partial charge >= 0.3 is 6.09 Å². The molecule has 0 saturated heterocycles. The van der Waals surface area contributed by atoms with Crippen molar-refractivity contribution in [3.8, 4) is 0 Å². The van der Waals surface area contributed by atoms with Gasteiger partial charge in [-0.05, 0) is 38.3 Å². The molecule has 0 radical (unpaired) electrons. The van der Waals surface area contributed by atoms with Crippen LogP contribution in [0.25, 0.3) is 0 Å². The number of benzene rings is 1. The van der Waals surface area contributed by atoms with Gasteiger partial charge in [0.15, 0.2) is 5.78 Å². The standard InChI is InChI=1S/C14H17NO3/c1-3-18-14(17)15-8-4-5-11-6-7-12(10(2)16)9-13(11)15/h6-7,9H,3-5,8H2,1-2H3. The minimum absolute atomic E-state index is 0.00665. The van der Waals surface area contributed by atoms with Crippen molar-refractivity contribution in [3.05, 3.63) is 29.3 Å². The first-order valence-electron chi connectivity index (χ1n) is 6.21. The zero-order chi connectivity index (χ0) is 13.1. The van der Waals surface area contributed by atoms with Crippen LogP contribution in [0.4, 0.5) is 10.5 Å². The predicted octanol–water partition coefficient (Wildman–Crippen LogP) is 2.80. The van der Waals surface area contributed by atoms with Crippen LogP contribution in [0.3, 0.4) is 0 Å². The van der Waals surface area contributed by atoms with Crippen LogP contribution in [0.5, 0.6) is 0 Å². The Bertz CT molecular complexity index is 482. The number of aryl methyl sites for hydroxylation is 1. The monoisotopic (exact) mass is 247 g/mol. The molecule has 0 aliphatic carbocycles. The number of amides is 1. The maximum atomic E-state index is 11.9. The second-order valence-corrected chi connectivity index (χ2v) is 4.35. The maximum absolute atomic E-state index is 11.9. The molecule has 1 aliphatic heterocycles. The van der Waals surface area contributed by atoms with Crippen LogP contribution in [0, 0.1) is 0 Å². The van der Waals surface area contributed by atoms with E-state index in [1.807, 2.05) is 12.1 Å². The summed E-state index contributed by atoms with van der Waals surface area (Å²) in [5.41, 5.74) is 2.54. The Labute approximate surface area is 107 Å². The number of nitrogens with zero attached hydrogens (tertiary/aromatic N) is 1. The van der Waals surface area contributed by atoms with E-state index in [0.717, 1.165) is 24.1 Å². The van der Waals surface area contributed by atoms with E-state index in [9.17, 15) is 9.59 Å². The van der Waals surface area contributed by atoms with Crippen molar-refractivity contribution in [1.82, 2.24) is 0 Å². The van der Waals surface area contributed by atoms with Crippen molar-refractivity contribution in [2.24, 2.45) is 0 Å². The van der Waals surface area contributed by atoms with E-state index in [-0.39, 0.29) is 11.9 Å². The average molecular weight is 247 g/mol. The fourth-order valence-electron chi connectivity index (χ4n) is 2.18. The Morgan fingerprint density at radius 3 is 2.83 bits per heavy atom. The Morgan fingerprint density at radius 1 is 1.39 bits per heavy atom. The van der Waals surface area contributed by atoms with Gasteiger partial charge in [0, 0.05) is 12.1 Å². The van der Waals surface area contributed by atoms with Gasteiger partial charge in [0.1, 0.15) is 0 Å². The number of Topliss-reactive ketones (excluding diaryl/α,β-unsaturated/α-hetero) is 1. The lowest BCUT2D eigenvalue weighted by molar-refractivity contribution is 0.101. The summed E-state index contributed by atoms with van der Waals surface area (Å²) in [6, 6.07) is 5.53. The summed E-state index contributed by atoms with van der Waals surface area (Å²) >= 11 is 0. The highest BCUT2D eigenvalue weighted by atomic mass is 16.6. The van der Waals surface area contributed by atoms with Gasteiger partial charge in [0.05, 0.1) is 12.3 Å². The fourth-order valence-corrected chi connectivity index (χ4v) is 2.18. The van der Waals surface area contributed by atoms with Crippen LogP contribution < -0.4 is 4.90 Å². The third-order valence-electron chi connectivity index (χ3n) is 3.10. The summed E-state index contributed by atoms with van der Waals surface area (Å²) in [6.07, 6.45) is 1.52. The van der Waals surface area contributed by atoms with Crippen LogP contribution in [-0.4, -0.2) is 25.0 Å². The SMILES string of the molecule is CCOC(=O)N1CCCc2ccc(C(C)=O)cc21. The quantitative estimate of drug-likeness (QED) is 0.755. The summed E-state index contributed by atoms with van der Waals surface area (Å²) in [4.78, 5) is 24.9. The van der Waals surface area contributed by atoms with Crippen LogP contribution in [0.2, 0.25) is 0 Å². The Kier molecular flexibility index (Phi) is 3.65. The van der Waals surface area contributed by atoms with Crippen LogP contribution in [-0.2, 0) is 11.2 Å². The lowest BCUT2D eigenvalue weighted by Gasteiger charge is -2.28. The molecule has 0 atom stereocenters. The largest absolute Gasteiger partial charge is 0.449 e. The number of anilines is 1. The molecule has 1 aliphatic rings. The first kappa shape index (κ1) is 12.6. The molecule has 1 aromatic carbocycles. The fraction of sp³-hybridized carbons (Fsp3) is 0.429. The number of carbonyl (C=O) groups is 2. The highest BCUT2D eigenvalue weighted by Gasteiger charge is 2.24. The summed E-state index contributed by atoms with van der Waals surface area (Å²) in [5.74, 6) is 0.00665. The van der Waals surface area contributed by atoms with Crippen LogP contribution in [0.1, 0.15) is 36.2 Å². The van der Waals surface area contributed by atoms with Gasteiger partial charge in [-0.1, -0.05) is 12.1 Å². The Balaban J connectivity index is 2.37. The van der Waals surface area contributed by atoms with Crippen molar-refractivity contribution < 1.29 is 14.3 Å². The third kappa shape index (κ3) is 2.37. The summed E-state index contributed by atoms with van der Waals surface area (Å²) < 4.78 is 5.04. The molecule has 0 bridgehead atoms. The highest BCUT2D eigenvalue weighted by Crippen LogP contribution is 2.29. The average Bonchev–Trinajstić information content (AvgIpc) is 2.37. The van der Waals surface area contributed by atoms with E-state index in [2.05, 4.69) is 0 Å². The molecule has 2 rings (SSSR count). The zero-order valence-corrected chi connectivity index (χ0v) is 10.7. The van der Waals surface area contributed by atoms with Crippen LogP contribution in [0.15, 0.2) is 18.2 Å². The van der Waals surface area contributed by atoms with E-state index < -0.39 is 0 Å². The smallest absolute Gasteiger partial charge is 0.414 e. The normalized spacial score (nSPS) is 14.0. The van der Waals surface area contributed by atoms with Crippen molar-refractivity contribution in [1.29, 1.82) is 0 Å². The molecule has 1 aromatic rings. The number of ether oxygens (including phenoxy) is 1. The Morgan fingerprint density at radius 2 is 2.17 bits per heavy atom. The van der Waals surface area contributed by atoms with Gasteiger partial charge in [0.25, 0.3) is 0 Å². The first-order valence-corrected chi connectivity index (χ1v) is 6.21. The first-order chi connectivity index (χ1) is 8.63. The van der Waals surface area contributed by atoms with Gasteiger partial charge < -0.3 is 4.74 Å². The minimum atomic E-state index is -0.334. The number of hydrogen-bond donors (Lipinski definition) is 0. The molecule has 0 spiro atoms. The zero-order valence-electron chi connectivity index (χ0n) is 10.7. The second-order valence-electron chi connectivity index (χ2n) is 4.35. The van der Waals surface area contributed by atoms with Gasteiger partial charge in [-0.15, -0.1) is 0 Å². The molecular formula is C14H17NO3. The molecule has 0 fully saturated rings. The van der Waals surface area contributed by atoms with Crippen molar-refractivity contribution in [2.75, 3.05) is 18.1 Å². The van der Waals surface area contributed by atoms with E-state index in [1.54, 1.807) is 17.9 Å². The molecule has 96 valence electrons. The summed E-state index contributed by atoms with van der Waals surface area (Å²) in [6.45, 7) is 4.32. The number of hydrogen-bond acceptors (Lipinski definition) is 3. The lowest BCUT2D eigenvalue weighted by atomic mass is 9.99. The van der Waals surface area contributed by atoms with Crippen molar-refractivity contribution in [2.45, 2.75) is 26.7 Å². The molecular weight excluding hydrogens is 230 g/mol.